The largest absolute Gasteiger partial charge is 0.508 e. The van der Waals surface area contributed by atoms with Crippen molar-refractivity contribution in [3.05, 3.63) is 23.3 Å². The predicted octanol–water partition coefficient (Wildman–Crippen LogP) is 1.97. The number of amides is 1. The van der Waals surface area contributed by atoms with E-state index >= 15 is 0 Å². The van der Waals surface area contributed by atoms with Crippen LogP contribution in [-0.2, 0) is 17.6 Å². The molecule has 1 unspecified atom stereocenters. The predicted molar refractivity (Wildman–Crippen MR) is 73.1 cm³/mol. The van der Waals surface area contributed by atoms with Crippen LogP contribution < -0.4 is 5.32 Å². The molecule has 0 saturated heterocycles. The van der Waals surface area contributed by atoms with Crippen LogP contribution in [0.1, 0.15) is 31.4 Å². The van der Waals surface area contributed by atoms with Crippen molar-refractivity contribution in [3.8, 4) is 11.5 Å². The molecule has 2 rings (SSSR count). The topological polar surface area (TPSA) is 69.6 Å². The molecule has 0 heterocycles. The number of nitrogens with one attached hydrogen (secondary N) is 1. The van der Waals surface area contributed by atoms with Crippen LogP contribution in [0.4, 0.5) is 0 Å². The Morgan fingerprint density at radius 1 is 1.32 bits per heavy atom. The number of phenolic OH excluding ortho intramolecular Hbond substituents is 2. The Hall–Kier alpha value is -1.71. The summed E-state index contributed by atoms with van der Waals surface area (Å²) in [7, 11) is 0. The van der Waals surface area contributed by atoms with Crippen LogP contribution >= 0.6 is 0 Å². The third-order valence-corrected chi connectivity index (χ3v) is 3.63. The minimum atomic E-state index is -0.112. The first-order chi connectivity index (χ1) is 8.99. The van der Waals surface area contributed by atoms with Crippen LogP contribution in [0.2, 0.25) is 0 Å². The van der Waals surface area contributed by atoms with Gasteiger partial charge in [-0.15, -0.1) is 0 Å². The van der Waals surface area contributed by atoms with E-state index in [1.165, 1.54) is 12.1 Å². The molecule has 3 N–H and O–H groups in total. The highest BCUT2D eigenvalue weighted by molar-refractivity contribution is 5.79. The monoisotopic (exact) mass is 263 g/mol. The van der Waals surface area contributed by atoms with E-state index in [2.05, 4.69) is 19.2 Å². The van der Waals surface area contributed by atoms with Gasteiger partial charge in [0.2, 0.25) is 5.91 Å². The lowest BCUT2D eigenvalue weighted by atomic mass is 9.82. The van der Waals surface area contributed by atoms with Crippen LogP contribution in [-0.4, -0.2) is 22.7 Å². The zero-order valence-electron chi connectivity index (χ0n) is 11.4. The Kier molecular flexibility index (Phi) is 3.98. The first kappa shape index (κ1) is 13.7. The molecule has 0 fully saturated rings. The van der Waals surface area contributed by atoms with Gasteiger partial charge in [0.25, 0.3) is 0 Å². The average Bonchev–Trinajstić information content (AvgIpc) is 2.40. The van der Waals surface area contributed by atoms with Crippen LogP contribution in [0.3, 0.4) is 0 Å². The molecule has 1 aromatic rings. The first-order valence-electron chi connectivity index (χ1n) is 6.79. The van der Waals surface area contributed by atoms with E-state index in [1.807, 2.05) is 0 Å². The van der Waals surface area contributed by atoms with Crippen LogP contribution in [0.25, 0.3) is 0 Å². The van der Waals surface area contributed by atoms with Gasteiger partial charge in [0, 0.05) is 23.6 Å². The summed E-state index contributed by atoms with van der Waals surface area (Å²) >= 11 is 0. The van der Waals surface area contributed by atoms with Gasteiger partial charge in [0.1, 0.15) is 11.5 Å². The summed E-state index contributed by atoms with van der Waals surface area (Å²) in [5.74, 6) is 0.751. The molecule has 0 aromatic heterocycles. The number of benzene rings is 1. The van der Waals surface area contributed by atoms with Gasteiger partial charge in [-0.1, -0.05) is 13.8 Å². The lowest BCUT2D eigenvalue weighted by Gasteiger charge is -2.25. The van der Waals surface area contributed by atoms with E-state index in [0.717, 1.165) is 11.1 Å². The lowest BCUT2D eigenvalue weighted by Crippen LogP contribution is -2.36. The molecule has 0 saturated carbocycles. The van der Waals surface area contributed by atoms with E-state index in [4.69, 9.17) is 0 Å². The maximum atomic E-state index is 12.1. The smallest absolute Gasteiger partial charge is 0.223 e. The van der Waals surface area contributed by atoms with Crippen LogP contribution in [0.5, 0.6) is 11.5 Å². The maximum absolute atomic E-state index is 12.1. The highest BCUT2D eigenvalue weighted by atomic mass is 16.3. The van der Waals surface area contributed by atoms with E-state index in [9.17, 15) is 15.0 Å². The number of carbonyl (C=O) groups excluding carboxylic acids is 1. The summed E-state index contributed by atoms with van der Waals surface area (Å²) < 4.78 is 0. The fraction of sp³-hybridized carbons (Fsp3) is 0.533. The van der Waals surface area contributed by atoms with E-state index in [0.29, 0.717) is 31.7 Å². The van der Waals surface area contributed by atoms with Crippen molar-refractivity contribution in [1.82, 2.24) is 5.32 Å². The van der Waals surface area contributed by atoms with E-state index in [1.54, 1.807) is 0 Å². The number of hydrogen-bond acceptors (Lipinski definition) is 3. The first-order valence-corrected chi connectivity index (χ1v) is 6.79. The van der Waals surface area contributed by atoms with Gasteiger partial charge in [-0.2, -0.15) is 0 Å². The molecule has 19 heavy (non-hydrogen) atoms. The van der Waals surface area contributed by atoms with Crippen molar-refractivity contribution in [2.45, 2.75) is 33.1 Å². The molecule has 104 valence electrons. The molecule has 4 heteroatoms. The molecule has 0 aliphatic heterocycles. The molecule has 1 atom stereocenters. The lowest BCUT2D eigenvalue weighted by molar-refractivity contribution is -0.125. The molecular formula is C15H21NO3. The van der Waals surface area contributed by atoms with Gasteiger partial charge >= 0.3 is 0 Å². The van der Waals surface area contributed by atoms with Crippen LogP contribution in [0, 0.1) is 11.8 Å². The average molecular weight is 263 g/mol. The van der Waals surface area contributed by atoms with Gasteiger partial charge < -0.3 is 15.5 Å². The van der Waals surface area contributed by atoms with Gasteiger partial charge in [-0.3, -0.25) is 4.79 Å². The number of aromatic hydroxyl groups is 2. The molecular weight excluding hydrogens is 242 g/mol. The Morgan fingerprint density at radius 2 is 1.95 bits per heavy atom. The molecule has 0 radical (unpaired) electrons. The van der Waals surface area contributed by atoms with Crippen molar-refractivity contribution in [3.63, 3.8) is 0 Å². The molecule has 0 bridgehead atoms. The van der Waals surface area contributed by atoms with Crippen molar-refractivity contribution in [2.24, 2.45) is 11.8 Å². The fourth-order valence-corrected chi connectivity index (χ4v) is 2.51. The van der Waals surface area contributed by atoms with Crippen molar-refractivity contribution < 1.29 is 15.0 Å². The second-order valence-corrected chi connectivity index (χ2v) is 5.64. The Labute approximate surface area is 113 Å². The Morgan fingerprint density at radius 3 is 2.58 bits per heavy atom. The van der Waals surface area contributed by atoms with E-state index in [-0.39, 0.29) is 23.3 Å². The second kappa shape index (κ2) is 5.51. The molecule has 1 aliphatic rings. The molecule has 1 amide bonds. The molecule has 0 spiro atoms. The minimum absolute atomic E-state index is 0.0436. The van der Waals surface area contributed by atoms with Crippen molar-refractivity contribution in [1.29, 1.82) is 0 Å². The molecule has 4 nitrogen and oxygen atoms in total. The summed E-state index contributed by atoms with van der Waals surface area (Å²) in [6.45, 7) is 4.79. The van der Waals surface area contributed by atoms with Gasteiger partial charge in [0.15, 0.2) is 0 Å². The molecule has 1 aliphatic carbocycles. The third kappa shape index (κ3) is 3.00. The summed E-state index contributed by atoms with van der Waals surface area (Å²) in [6, 6.07) is 3.00. The molecule has 1 aromatic carbocycles. The Bertz CT molecular complexity index is 483. The maximum Gasteiger partial charge on any atom is 0.223 e. The number of rotatable bonds is 3. The van der Waals surface area contributed by atoms with E-state index < -0.39 is 0 Å². The van der Waals surface area contributed by atoms with Crippen molar-refractivity contribution >= 4 is 5.91 Å². The normalized spacial score (nSPS) is 18.2. The highest BCUT2D eigenvalue weighted by Gasteiger charge is 2.28. The Balaban J connectivity index is 2.09. The van der Waals surface area contributed by atoms with Gasteiger partial charge in [-0.05, 0) is 37.3 Å². The number of fused-ring (bicyclic) bond motifs is 1. The third-order valence-electron chi connectivity index (χ3n) is 3.63. The minimum Gasteiger partial charge on any atom is -0.508 e. The number of hydrogen-bond donors (Lipinski definition) is 3. The summed E-state index contributed by atoms with van der Waals surface area (Å²) in [6.07, 6.45) is 1.85. The zero-order chi connectivity index (χ0) is 14.0. The highest BCUT2D eigenvalue weighted by Crippen LogP contribution is 2.36. The zero-order valence-corrected chi connectivity index (χ0v) is 11.4. The quantitative estimate of drug-likeness (QED) is 0.730. The SMILES string of the molecule is CC(C)CNC(=O)C1CCc2c(O)ccc(O)c2C1. The summed E-state index contributed by atoms with van der Waals surface area (Å²) in [5.41, 5.74) is 1.50. The fourth-order valence-electron chi connectivity index (χ4n) is 2.51. The summed E-state index contributed by atoms with van der Waals surface area (Å²) in [5, 5.41) is 22.6. The standard InChI is InChI=1S/C15H21NO3/c1-9(2)8-16-15(19)10-3-4-11-12(7-10)14(18)6-5-13(11)17/h5-6,9-10,17-18H,3-4,7-8H2,1-2H3,(H,16,19). The van der Waals surface area contributed by atoms with Gasteiger partial charge in [0.05, 0.1) is 0 Å². The van der Waals surface area contributed by atoms with Gasteiger partial charge in [-0.25, -0.2) is 0 Å². The number of carbonyl (C=O) groups is 1. The van der Waals surface area contributed by atoms with Crippen LogP contribution in [0.15, 0.2) is 12.1 Å². The number of phenols is 2. The second-order valence-electron chi connectivity index (χ2n) is 5.64. The summed E-state index contributed by atoms with van der Waals surface area (Å²) in [4.78, 5) is 12.1. The van der Waals surface area contributed by atoms with Crippen molar-refractivity contribution in [2.75, 3.05) is 6.54 Å².